The second kappa shape index (κ2) is 2.94. The van der Waals surface area contributed by atoms with Crippen LogP contribution in [-0.4, -0.2) is 4.98 Å². The van der Waals surface area contributed by atoms with Crippen LogP contribution in [0.15, 0.2) is 12.3 Å². The second-order valence-corrected chi connectivity index (χ2v) is 2.74. The van der Waals surface area contributed by atoms with Crippen molar-refractivity contribution in [1.82, 2.24) is 4.98 Å². The maximum Gasteiger partial charge on any atom is 0.272 e. The Bertz CT molecular complexity index is 295. The van der Waals surface area contributed by atoms with Gasteiger partial charge in [0.2, 0.25) is 0 Å². The van der Waals surface area contributed by atoms with Gasteiger partial charge in [0, 0.05) is 18.7 Å². The van der Waals surface area contributed by atoms with Crippen molar-refractivity contribution >= 4 is 11.6 Å². The smallest absolute Gasteiger partial charge is 0.241 e. The Morgan fingerprint density at radius 2 is 2.08 bits per heavy atom. The maximum absolute atomic E-state index is 12.6. The third kappa shape index (κ3) is 1.88. The van der Waals surface area contributed by atoms with E-state index >= 15 is 0 Å². The predicted molar refractivity (Wildman–Crippen MR) is 38.8 cm³/mol. The monoisotopic (exact) mass is 195 g/mol. The molecule has 0 amide bonds. The van der Waals surface area contributed by atoms with Crippen LogP contribution in [0.5, 0.6) is 0 Å². The zero-order chi connectivity index (χ0) is 9.35. The van der Waals surface area contributed by atoms with E-state index in [1.807, 2.05) is 0 Å². The highest BCUT2D eigenvalue weighted by atomic mass is 35.5. The van der Waals surface area contributed by atoms with Crippen LogP contribution in [0.1, 0.15) is 12.5 Å². The lowest BCUT2D eigenvalue weighted by Crippen LogP contribution is -2.07. The molecule has 0 spiro atoms. The summed E-state index contributed by atoms with van der Waals surface area (Å²) in [5, 5.41) is -0.400. The second-order valence-electron chi connectivity index (χ2n) is 2.39. The SMILES string of the molecule is CC(F)(F)c1cnc(Cl)c(F)c1. The van der Waals surface area contributed by atoms with E-state index in [0.29, 0.717) is 13.0 Å². The molecule has 0 atom stereocenters. The van der Waals surface area contributed by atoms with Crippen molar-refractivity contribution in [2.45, 2.75) is 12.8 Å². The van der Waals surface area contributed by atoms with Gasteiger partial charge in [-0.2, -0.15) is 0 Å². The van der Waals surface area contributed by atoms with E-state index in [9.17, 15) is 13.2 Å². The fourth-order valence-electron chi connectivity index (χ4n) is 0.661. The Balaban J connectivity index is 3.14. The lowest BCUT2D eigenvalue weighted by molar-refractivity contribution is 0.0168. The molecule has 66 valence electrons. The topological polar surface area (TPSA) is 12.9 Å². The quantitative estimate of drug-likeness (QED) is 0.628. The highest BCUT2D eigenvalue weighted by molar-refractivity contribution is 6.29. The normalized spacial score (nSPS) is 11.8. The van der Waals surface area contributed by atoms with Gasteiger partial charge < -0.3 is 0 Å². The molecule has 0 N–H and O–H groups in total. The van der Waals surface area contributed by atoms with E-state index in [0.717, 1.165) is 6.20 Å². The summed E-state index contributed by atoms with van der Waals surface area (Å²) in [4.78, 5) is 3.26. The van der Waals surface area contributed by atoms with E-state index in [1.54, 1.807) is 0 Å². The molecule has 12 heavy (non-hydrogen) atoms. The van der Waals surface area contributed by atoms with Crippen LogP contribution in [0, 0.1) is 5.82 Å². The first kappa shape index (κ1) is 9.32. The third-order valence-corrected chi connectivity index (χ3v) is 1.58. The Kier molecular flexibility index (Phi) is 2.28. The molecular weight excluding hydrogens is 191 g/mol. The van der Waals surface area contributed by atoms with Crippen molar-refractivity contribution < 1.29 is 13.2 Å². The molecule has 0 saturated heterocycles. The average molecular weight is 196 g/mol. The molecule has 0 fully saturated rings. The van der Waals surface area contributed by atoms with Crippen LogP contribution in [0.25, 0.3) is 0 Å². The zero-order valence-corrected chi connectivity index (χ0v) is 6.87. The predicted octanol–water partition coefficient (Wildman–Crippen LogP) is 2.99. The Morgan fingerprint density at radius 3 is 2.50 bits per heavy atom. The Morgan fingerprint density at radius 1 is 1.50 bits per heavy atom. The number of pyridine rings is 1. The van der Waals surface area contributed by atoms with Crippen molar-refractivity contribution in [2.75, 3.05) is 0 Å². The summed E-state index contributed by atoms with van der Waals surface area (Å²) < 4.78 is 37.6. The van der Waals surface area contributed by atoms with Crippen molar-refractivity contribution in [3.63, 3.8) is 0 Å². The van der Waals surface area contributed by atoms with Gasteiger partial charge in [0.25, 0.3) is 5.92 Å². The van der Waals surface area contributed by atoms with Gasteiger partial charge in [-0.25, -0.2) is 18.2 Å². The van der Waals surface area contributed by atoms with Gasteiger partial charge in [-0.15, -0.1) is 0 Å². The maximum atomic E-state index is 12.6. The molecule has 0 aliphatic rings. The molecule has 1 heterocycles. The summed E-state index contributed by atoms with van der Waals surface area (Å²) in [6.07, 6.45) is 0.853. The van der Waals surface area contributed by atoms with Crippen LogP contribution in [0.2, 0.25) is 5.15 Å². The van der Waals surface area contributed by atoms with Crippen LogP contribution in [0.4, 0.5) is 13.2 Å². The Hall–Kier alpha value is -0.770. The highest BCUT2D eigenvalue weighted by Gasteiger charge is 2.25. The number of nitrogens with zero attached hydrogens (tertiary/aromatic N) is 1. The van der Waals surface area contributed by atoms with Gasteiger partial charge in [-0.05, 0) is 6.07 Å². The van der Waals surface area contributed by atoms with Crippen molar-refractivity contribution in [2.24, 2.45) is 0 Å². The van der Waals surface area contributed by atoms with Gasteiger partial charge >= 0.3 is 0 Å². The number of aromatic nitrogens is 1. The molecule has 0 saturated carbocycles. The van der Waals surface area contributed by atoms with Gasteiger partial charge in [-0.3, -0.25) is 0 Å². The molecule has 0 unspecified atom stereocenters. The van der Waals surface area contributed by atoms with E-state index in [1.165, 1.54) is 0 Å². The molecule has 0 radical (unpaired) electrons. The van der Waals surface area contributed by atoms with Gasteiger partial charge in [0.15, 0.2) is 11.0 Å². The first-order valence-electron chi connectivity index (χ1n) is 3.10. The van der Waals surface area contributed by atoms with E-state index in [2.05, 4.69) is 4.98 Å². The van der Waals surface area contributed by atoms with Crippen molar-refractivity contribution in [3.05, 3.63) is 28.8 Å². The van der Waals surface area contributed by atoms with Crippen LogP contribution >= 0.6 is 11.6 Å². The minimum absolute atomic E-state index is 0.400. The van der Waals surface area contributed by atoms with Crippen molar-refractivity contribution in [3.8, 4) is 0 Å². The zero-order valence-electron chi connectivity index (χ0n) is 6.11. The lowest BCUT2D eigenvalue weighted by atomic mass is 10.2. The molecule has 0 bridgehead atoms. The summed E-state index contributed by atoms with van der Waals surface area (Å²) in [6.45, 7) is 0.664. The summed E-state index contributed by atoms with van der Waals surface area (Å²) >= 11 is 5.20. The van der Waals surface area contributed by atoms with Gasteiger partial charge in [0.1, 0.15) is 0 Å². The average Bonchev–Trinajstić information content (AvgIpc) is 1.92. The first-order chi connectivity index (χ1) is 5.41. The summed E-state index contributed by atoms with van der Waals surface area (Å²) in [5.41, 5.74) is -0.482. The van der Waals surface area contributed by atoms with Crippen molar-refractivity contribution in [1.29, 1.82) is 0 Å². The molecule has 1 aromatic heterocycles. The largest absolute Gasteiger partial charge is 0.272 e. The minimum atomic E-state index is -3.08. The standard InChI is InChI=1S/C7H5ClF3N/c1-7(10,11)4-2-5(9)6(8)12-3-4/h2-3H,1H3. The molecule has 0 aliphatic carbocycles. The molecular formula is C7H5ClF3N. The van der Waals surface area contributed by atoms with E-state index in [-0.39, 0.29) is 0 Å². The highest BCUT2D eigenvalue weighted by Crippen LogP contribution is 2.27. The third-order valence-electron chi connectivity index (χ3n) is 1.30. The number of hydrogen-bond acceptors (Lipinski definition) is 1. The molecule has 1 nitrogen and oxygen atoms in total. The molecule has 5 heteroatoms. The Labute approximate surface area is 72.2 Å². The first-order valence-corrected chi connectivity index (χ1v) is 3.48. The molecule has 0 aliphatic heterocycles. The summed E-state index contributed by atoms with van der Waals surface area (Å²) in [7, 11) is 0. The number of rotatable bonds is 1. The number of hydrogen-bond donors (Lipinski definition) is 0. The molecule has 1 rings (SSSR count). The fraction of sp³-hybridized carbons (Fsp3) is 0.286. The van der Waals surface area contributed by atoms with Gasteiger partial charge in [0.05, 0.1) is 0 Å². The number of alkyl halides is 2. The number of halogens is 4. The summed E-state index contributed by atoms with van der Waals surface area (Å²) in [6, 6.07) is 0.676. The van der Waals surface area contributed by atoms with Crippen LogP contribution in [0.3, 0.4) is 0 Å². The van der Waals surface area contributed by atoms with Crippen LogP contribution in [-0.2, 0) is 5.92 Å². The lowest BCUT2D eigenvalue weighted by Gasteiger charge is -2.09. The fourth-order valence-corrected chi connectivity index (χ4v) is 0.765. The van der Waals surface area contributed by atoms with E-state index < -0.39 is 22.5 Å². The summed E-state index contributed by atoms with van der Waals surface area (Å²) in [5.74, 6) is -4.02. The molecule has 1 aromatic rings. The van der Waals surface area contributed by atoms with Crippen LogP contribution < -0.4 is 0 Å². The minimum Gasteiger partial charge on any atom is -0.241 e. The van der Waals surface area contributed by atoms with Gasteiger partial charge in [-0.1, -0.05) is 11.6 Å². The molecule has 0 aromatic carbocycles. The van der Waals surface area contributed by atoms with E-state index in [4.69, 9.17) is 11.6 Å².